The van der Waals surface area contributed by atoms with Crippen LogP contribution in [0.15, 0.2) is 36.5 Å². The number of anilines is 1. The highest BCUT2D eigenvalue weighted by Gasteiger charge is 2.16. The number of carbonyl (C=O) groups is 1. The van der Waals surface area contributed by atoms with E-state index in [2.05, 4.69) is 10.3 Å². The molecule has 2 amide bonds. The molecule has 1 aromatic carbocycles. The Hall–Kier alpha value is -2.96. The number of nitrogens with one attached hydrogen (secondary N) is 1. The molecule has 120 valence electrons. The lowest BCUT2D eigenvalue weighted by molar-refractivity contribution is 0.174. The zero-order valence-electron chi connectivity index (χ0n) is 12.9. The number of urea groups is 1. The number of rotatable bonds is 4. The summed E-state index contributed by atoms with van der Waals surface area (Å²) in [5.41, 5.74) is 1.47. The van der Waals surface area contributed by atoms with Crippen molar-refractivity contribution in [2.75, 3.05) is 26.3 Å². The summed E-state index contributed by atoms with van der Waals surface area (Å²) in [6.45, 7) is 0.668. The second kappa shape index (κ2) is 6.43. The zero-order chi connectivity index (χ0) is 16.2. The van der Waals surface area contributed by atoms with Crippen molar-refractivity contribution in [3.05, 3.63) is 42.1 Å². The SMILES string of the molecule is COc1ncccc1NC(=O)N(C)Cc1ccc2c(c1)OCO2. The van der Waals surface area contributed by atoms with Crippen molar-refractivity contribution in [1.29, 1.82) is 0 Å². The Balaban J connectivity index is 1.66. The molecule has 0 atom stereocenters. The second-order valence-electron chi connectivity index (χ2n) is 5.03. The van der Waals surface area contributed by atoms with Crippen molar-refractivity contribution >= 4 is 11.7 Å². The number of amides is 2. The number of ether oxygens (including phenoxy) is 3. The fourth-order valence-corrected chi connectivity index (χ4v) is 2.24. The van der Waals surface area contributed by atoms with Crippen molar-refractivity contribution in [3.8, 4) is 17.4 Å². The number of nitrogens with zero attached hydrogens (tertiary/aromatic N) is 2. The van der Waals surface area contributed by atoms with Crippen LogP contribution in [0.2, 0.25) is 0 Å². The number of benzene rings is 1. The van der Waals surface area contributed by atoms with Gasteiger partial charge < -0.3 is 24.4 Å². The number of hydrogen-bond donors (Lipinski definition) is 1. The summed E-state index contributed by atoms with van der Waals surface area (Å²) in [4.78, 5) is 17.9. The first kappa shape index (κ1) is 15.0. The summed E-state index contributed by atoms with van der Waals surface area (Å²) in [5, 5.41) is 2.78. The Bertz CT molecular complexity index is 720. The molecule has 23 heavy (non-hydrogen) atoms. The van der Waals surface area contributed by atoms with Crippen LogP contribution in [0, 0.1) is 0 Å². The molecule has 0 saturated carbocycles. The Morgan fingerprint density at radius 1 is 1.35 bits per heavy atom. The van der Waals surface area contributed by atoms with E-state index in [-0.39, 0.29) is 12.8 Å². The molecule has 1 aromatic heterocycles. The van der Waals surface area contributed by atoms with Gasteiger partial charge in [0.2, 0.25) is 12.7 Å². The summed E-state index contributed by atoms with van der Waals surface area (Å²) >= 11 is 0. The Morgan fingerprint density at radius 2 is 2.17 bits per heavy atom. The van der Waals surface area contributed by atoms with Gasteiger partial charge in [0, 0.05) is 19.8 Å². The average Bonchev–Trinajstić information content (AvgIpc) is 3.03. The highest BCUT2D eigenvalue weighted by molar-refractivity contribution is 5.90. The van der Waals surface area contributed by atoms with Crippen LogP contribution in [0.25, 0.3) is 0 Å². The van der Waals surface area contributed by atoms with Gasteiger partial charge in [0.15, 0.2) is 11.5 Å². The van der Waals surface area contributed by atoms with Crippen molar-refractivity contribution in [3.63, 3.8) is 0 Å². The first-order chi connectivity index (χ1) is 11.2. The highest BCUT2D eigenvalue weighted by Crippen LogP contribution is 2.32. The quantitative estimate of drug-likeness (QED) is 0.938. The van der Waals surface area contributed by atoms with Crippen LogP contribution in [-0.4, -0.2) is 36.9 Å². The third-order valence-corrected chi connectivity index (χ3v) is 3.41. The van der Waals surface area contributed by atoms with E-state index in [0.29, 0.717) is 23.9 Å². The number of hydrogen-bond acceptors (Lipinski definition) is 5. The predicted molar refractivity (Wildman–Crippen MR) is 83.8 cm³/mol. The molecular formula is C16H17N3O4. The molecule has 7 heteroatoms. The van der Waals surface area contributed by atoms with E-state index in [4.69, 9.17) is 14.2 Å². The molecule has 7 nitrogen and oxygen atoms in total. The second-order valence-corrected chi connectivity index (χ2v) is 5.03. The topological polar surface area (TPSA) is 72.9 Å². The van der Waals surface area contributed by atoms with E-state index in [1.165, 1.54) is 7.11 Å². The molecule has 0 saturated heterocycles. The molecule has 1 N–H and O–H groups in total. The van der Waals surface area contributed by atoms with E-state index in [9.17, 15) is 4.79 Å². The molecule has 3 rings (SSSR count). The Kier molecular flexibility index (Phi) is 4.18. The van der Waals surface area contributed by atoms with Gasteiger partial charge in [-0.25, -0.2) is 9.78 Å². The van der Waals surface area contributed by atoms with E-state index in [1.807, 2.05) is 18.2 Å². The van der Waals surface area contributed by atoms with E-state index < -0.39 is 0 Å². The first-order valence-electron chi connectivity index (χ1n) is 7.07. The smallest absolute Gasteiger partial charge is 0.322 e. The first-order valence-corrected chi connectivity index (χ1v) is 7.07. The maximum Gasteiger partial charge on any atom is 0.322 e. The van der Waals surface area contributed by atoms with Gasteiger partial charge >= 0.3 is 6.03 Å². The van der Waals surface area contributed by atoms with E-state index in [0.717, 1.165) is 11.3 Å². The maximum absolute atomic E-state index is 12.3. The van der Waals surface area contributed by atoms with Gasteiger partial charge in [-0.1, -0.05) is 6.07 Å². The normalized spacial score (nSPS) is 11.9. The number of fused-ring (bicyclic) bond motifs is 1. The Labute approximate surface area is 133 Å². The summed E-state index contributed by atoms with van der Waals surface area (Å²) in [7, 11) is 3.22. The summed E-state index contributed by atoms with van der Waals surface area (Å²) in [6.07, 6.45) is 1.60. The van der Waals surface area contributed by atoms with Gasteiger partial charge in [0.05, 0.1) is 7.11 Å². The lowest BCUT2D eigenvalue weighted by atomic mass is 10.2. The minimum atomic E-state index is -0.256. The van der Waals surface area contributed by atoms with Crippen molar-refractivity contribution in [1.82, 2.24) is 9.88 Å². The van der Waals surface area contributed by atoms with Gasteiger partial charge in [-0.2, -0.15) is 0 Å². The zero-order valence-corrected chi connectivity index (χ0v) is 12.9. The molecule has 2 heterocycles. The summed E-state index contributed by atoms with van der Waals surface area (Å²) in [5.74, 6) is 1.79. The maximum atomic E-state index is 12.3. The van der Waals surface area contributed by atoms with E-state index >= 15 is 0 Å². The van der Waals surface area contributed by atoms with Crippen LogP contribution >= 0.6 is 0 Å². The van der Waals surface area contributed by atoms with Crippen molar-refractivity contribution in [2.24, 2.45) is 0 Å². The van der Waals surface area contributed by atoms with Crippen LogP contribution in [-0.2, 0) is 6.54 Å². The molecule has 0 bridgehead atoms. The summed E-state index contributed by atoms with van der Waals surface area (Å²) < 4.78 is 15.7. The standard InChI is InChI=1S/C16H17N3O4/c1-19(9-11-5-6-13-14(8-11)23-10-22-13)16(20)18-12-4-3-7-17-15(12)21-2/h3-8H,9-10H2,1-2H3,(H,18,20). The molecular weight excluding hydrogens is 298 g/mol. The predicted octanol–water partition coefficient (Wildman–Crippen LogP) is 2.48. The van der Waals surface area contributed by atoms with Gasteiger partial charge in [-0.05, 0) is 29.8 Å². The largest absolute Gasteiger partial charge is 0.480 e. The molecule has 0 aliphatic carbocycles. The van der Waals surface area contributed by atoms with Crippen LogP contribution in [0.1, 0.15) is 5.56 Å². The Morgan fingerprint density at radius 3 is 3.00 bits per heavy atom. The fraction of sp³-hybridized carbons (Fsp3) is 0.250. The fourth-order valence-electron chi connectivity index (χ4n) is 2.24. The molecule has 0 spiro atoms. The number of pyridine rings is 1. The van der Waals surface area contributed by atoms with Gasteiger partial charge in [-0.15, -0.1) is 0 Å². The number of carbonyl (C=O) groups excluding carboxylic acids is 1. The monoisotopic (exact) mass is 315 g/mol. The average molecular weight is 315 g/mol. The third-order valence-electron chi connectivity index (χ3n) is 3.41. The van der Waals surface area contributed by atoms with E-state index in [1.54, 1.807) is 30.3 Å². The van der Waals surface area contributed by atoms with Crippen LogP contribution in [0.5, 0.6) is 17.4 Å². The van der Waals surface area contributed by atoms with Crippen LogP contribution < -0.4 is 19.5 Å². The lowest BCUT2D eigenvalue weighted by Gasteiger charge is -2.19. The van der Waals surface area contributed by atoms with Crippen molar-refractivity contribution < 1.29 is 19.0 Å². The van der Waals surface area contributed by atoms with Gasteiger partial charge in [0.25, 0.3) is 0 Å². The minimum absolute atomic E-state index is 0.232. The number of aromatic nitrogens is 1. The molecule has 1 aliphatic rings. The van der Waals surface area contributed by atoms with Crippen molar-refractivity contribution in [2.45, 2.75) is 6.54 Å². The lowest BCUT2D eigenvalue weighted by Crippen LogP contribution is -2.31. The molecule has 0 radical (unpaired) electrons. The summed E-state index contributed by atoms with van der Waals surface area (Å²) in [6, 6.07) is 8.83. The van der Waals surface area contributed by atoms with Crippen LogP contribution in [0.3, 0.4) is 0 Å². The highest BCUT2D eigenvalue weighted by atomic mass is 16.7. The molecule has 2 aromatic rings. The molecule has 0 unspecified atom stereocenters. The minimum Gasteiger partial charge on any atom is -0.480 e. The molecule has 1 aliphatic heterocycles. The third kappa shape index (κ3) is 3.28. The number of methoxy groups -OCH3 is 1. The van der Waals surface area contributed by atoms with Gasteiger partial charge in [0.1, 0.15) is 5.69 Å². The van der Waals surface area contributed by atoms with Crippen LogP contribution in [0.4, 0.5) is 10.5 Å². The van der Waals surface area contributed by atoms with Gasteiger partial charge in [-0.3, -0.25) is 0 Å². The molecule has 0 fully saturated rings.